The number of aryl methyl sites for hydroxylation is 1. The van der Waals surface area contributed by atoms with Crippen LogP contribution in [0.2, 0.25) is 5.02 Å². The Morgan fingerprint density at radius 2 is 1.76 bits per heavy atom. The third-order valence-corrected chi connectivity index (χ3v) is 7.34. The number of rotatable bonds is 5. The fourth-order valence-corrected chi connectivity index (χ4v) is 4.93. The molecule has 1 unspecified atom stereocenters. The van der Waals surface area contributed by atoms with Gasteiger partial charge in [-0.2, -0.15) is 0 Å². The van der Waals surface area contributed by atoms with Crippen LogP contribution in [0.5, 0.6) is 5.75 Å². The van der Waals surface area contributed by atoms with E-state index < -0.39 is 23.5 Å². The number of para-hydroxylation sites is 1. The molecule has 6 nitrogen and oxygen atoms in total. The van der Waals surface area contributed by atoms with Crippen LogP contribution in [-0.4, -0.2) is 23.9 Å². The van der Waals surface area contributed by atoms with Gasteiger partial charge in [-0.15, -0.1) is 0 Å². The van der Waals surface area contributed by atoms with Crippen molar-refractivity contribution in [3.8, 4) is 5.75 Å². The topological polar surface area (TPSA) is 80.0 Å². The van der Waals surface area contributed by atoms with Crippen LogP contribution in [-0.2, 0) is 10.2 Å². The average Bonchev–Trinajstić information content (AvgIpc) is 3.44. The van der Waals surface area contributed by atoms with Gasteiger partial charge in [0.25, 0.3) is 5.91 Å². The van der Waals surface area contributed by atoms with E-state index in [0.29, 0.717) is 33.0 Å². The number of carbonyl (C=O) groups excluding carboxylic acids is 2. The Kier molecular flexibility index (Phi) is 6.32. The maximum absolute atomic E-state index is 13.9. The van der Waals surface area contributed by atoms with Gasteiger partial charge in [0.05, 0.1) is 18.7 Å². The predicted octanol–water partition coefficient (Wildman–Crippen LogP) is 7.48. The van der Waals surface area contributed by atoms with Crippen LogP contribution in [0.3, 0.4) is 0 Å². The molecule has 1 aliphatic heterocycles. The highest BCUT2D eigenvalue weighted by atomic mass is 35.5. The lowest BCUT2D eigenvalue weighted by Gasteiger charge is -2.28. The molecule has 0 bridgehead atoms. The molecule has 5 rings (SSSR count). The van der Waals surface area contributed by atoms with Crippen molar-refractivity contribution < 1.29 is 23.8 Å². The maximum atomic E-state index is 13.9. The van der Waals surface area contributed by atoms with Crippen LogP contribution in [0, 0.1) is 6.92 Å². The molecule has 1 aliphatic rings. The fraction of sp³-hybridized carbons (Fsp3) is 0.226. The summed E-state index contributed by atoms with van der Waals surface area (Å²) in [5.74, 6) is -1.41. The van der Waals surface area contributed by atoms with Gasteiger partial charge >= 0.3 is 0 Å². The molecule has 1 amide bonds. The lowest BCUT2D eigenvalue weighted by Crippen LogP contribution is -2.31. The largest absolute Gasteiger partial charge is 0.503 e. The van der Waals surface area contributed by atoms with Gasteiger partial charge in [0, 0.05) is 16.1 Å². The summed E-state index contributed by atoms with van der Waals surface area (Å²) in [6.45, 7) is 8.19. The van der Waals surface area contributed by atoms with Crippen molar-refractivity contribution >= 4 is 39.9 Å². The van der Waals surface area contributed by atoms with Crippen LogP contribution >= 0.6 is 11.6 Å². The first kappa shape index (κ1) is 25.6. The second-order valence-corrected chi connectivity index (χ2v) is 10.9. The number of hydrogen-bond donors (Lipinski definition) is 1. The zero-order chi connectivity index (χ0) is 27.4. The maximum Gasteiger partial charge on any atom is 0.294 e. The molecule has 1 aromatic heterocycles. The first-order chi connectivity index (χ1) is 18.0. The lowest BCUT2D eigenvalue weighted by atomic mass is 9.85. The molecule has 0 fully saturated rings. The smallest absolute Gasteiger partial charge is 0.294 e. The molecule has 4 aromatic rings. The van der Waals surface area contributed by atoms with Crippen LogP contribution in [0.15, 0.2) is 82.5 Å². The Morgan fingerprint density at radius 1 is 1.05 bits per heavy atom. The lowest BCUT2D eigenvalue weighted by molar-refractivity contribution is -0.117. The van der Waals surface area contributed by atoms with Gasteiger partial charge in [-0.25, -0.2) is 0 Å². The standard InChI is InChI=1S/C31H28ClNO5/c1-17-9-14-21(16-22(17)32)33-26(18-10-12-20(13-11-18)31(2,3)4)25(28(35)30(33)36)27(34)24-15-19-7-6-8-23(37-5)29(19)38-24/h6-16,26,35H,1-5H3. The number of nitrogens with zero attached hydrogens (tertiary/aromatic N) is 1. The van der Waals surface area contributed by atoms with Gasteiger partial charge < -0.3 is 14.3 Å². The van der Waals surface area contributed by atoms with E-state index in [0.717, 1.165) is 11.1 Å². The number of halogens is 1. The molecule has 0 saturated carbocycles. The second-order valence-electron chi connectivity index (χ2n) is 10.5. The van der Waals surface area contributed by atoms with Crippen molar-refractivity contribution in [3.63, 3.8) is 0 Å². The molecule has 0 spiro atoms. The zero-order valence-electron chi connectivity index (χ0n) is 21.8. The monoisotopic (exact) mass is 529 g/mol. The molecule has 7 heteroatoms. The summed E-state index contributed by atoms with van der Waals surface area (Å²) in [5, 5.41) is 12.2. The van der Waals surface area contributed by atoms with Gasteiger partial charge in [0.2, 0.25) is 5.78 Å². The van der Waals surface area contributed by atoms with Crippen molar-refractivity contribution in [1.82, 2.24) is 0 Å². The van der Waals surface area contributed by atoms with E-state index in [1.165, 1.54) is 12.0 Å². The second kappa shape index (κ2) is 9.37. The summed E-state index contributed by atoms with van der Waals surface area (Å²) in [5.41, 5.74) is 3.35. The highest BCUT2D eigenvalue weighted by Crippen LogP contribution is 2.44. The number of benzene rings is 3. The number of hydrogen-bond acceptors (Lipinski definition) is 5. The number of aliphatic hydroxyl groups excluding tert-OH is 1. The molecule has 0 radical (unpaired) electrons. The van der Waals surface area contributed by atoms with Crippen molar-refractivity contribution in [2.45, 2.75) is 39.2 Å². The number of amides is 1. The van der Waals surface area contributed by atoms with E-state index in [9.17, 15) is 14.7 Å². The van der Waals surface area contributed by atoms with E-state index >= 15 is 0 Å². The van der Waals surface area contributed by atoms with Crippen molar-refractivity contribution in [2.75, 3.05) is 12.0 Å². The number of furan rings is 1. The first-order valence-electron chi connectivity index (χ1n) is 12.3. The van der Waals surface area contributed by atoms with E-state index in [-0.39, 0.29) is 16.7 Å². The van der Waals surface area contributed by atoms with Crippen LogP contribution < -0.4 is 9.64 Å². The van der Waals surface area contributed by atoms with Crippen LogP contribution in [0.4, 0.5) is 5.69 Å². The summed E-state index contributed by atoms with van der Waals surface area (Å²) in [6, 6.07) is 19.0. The van der Waals surface area contributed by atoms with Gasteiger partial charge in [-0.05, 0) is 53.3 Å². The molecule has 38 heavy (non-hydrogen) atoms. The summed E-state index contributed by atoms with van der Waals surface area (Å²) >= 11 is 6.40. The highest BCUT2D eigenvalue weighted by molar-refractivity contribution is 6.31. The number of fused-ring (bicyclic) bond motifs is 1. The Morgan fingerprint density at radius 3 is 2.39 bits per heavy atom. The van der Waals surface area contributed by atoms with Crippen molar-refractivity contribution in [1.29, 1.82) is 0 Å². The van der Waals surface area contributed by atoms with E-state index in [2.05, 4.69) is 20.8 Å². The predicted molar refractivity (Wildman–Crippen MR) is 148 cm³/mol. The molecule has 0 saturated heterocycles. The van der Waals surface area contributed by atoms with E-state index in [4.69, 9.17) is 20.8 Å². The molecule has 2 heterocycles. The average molecular weight is 530 g/mol. The summed E-state index contributed by atoms with van der Waals surface area (Å²) in [6.07, 6.45) is 0. The van der Waals surface area contributed by atoms with Gasteiger partial charge in [-0.1, -0.05) is 74.8 Å². The van der Waals surface area contributed by atoms with Gasteiger partial charge in [-0.3, -0.25) is 14.5 Å². The van der Waals surface area contributed by atoms with Crippen molar-refractivity contribution in [3.05, 3.63) is 106 Å². The molecular formula is C31H28ClNO5. The third-order valence-electron chi connectivity index (χ3n) is 6.93. The molecule has 3 aromatic carbocycles. The Balaban J connectivity index is 1.66. The number of methoxy groups -OCH3 is 1. The Labute approximate surface area is 226 Å². The first-order valence-corrected chi connectivity index (χ1v) is 12.6. The Hall–Kier alpha value is -4.03. The number of Topliss-reactive ketones (excluding diaryl/α,β-unsaturated/α-hetero) is 1. The summed E-state index contributed by atoms with van der Waals surface area (Å²) in [4.78, 5) is 28.8. The third kappa shape index (κ3) is 4.25. The van der Waals surface area contributed by atoms with E-state index in [1.807, 2.05) is 31.2 Å². The van der Waals surface area contributed by atoms with Crippen LogP contribution in [0.25, 0.3) is 11.0 Å². The van der Waals surface area contributed by atoms with Crippen LogP contribution in [0.1, 0.15) is 54.1 Å². The number of ether oxygens (including phenoxy) is 1. The molecule has 194 valence electrons. The van der Waals surface area contributed by atoms with Gasteiger partial charge in [0.1, 0.15) is 0 Å². The number of ketones is 1. The zero-order valence-corrected chi connectivity index (χ0v) is 22.6. The minimum Gasteiger partial charge on any atom is -0.503 e. The fourth-order valence-electron chi connectivity index (χ4n) is 4.76. The number of carbonyl (C=O) groups is 2. The van der Waals surface area contributed by atoms with Gasteiger partial charge in [0.15, 0.2) is 22.9 Å². The quantitative estimate of drug-likeness (QED) is 0.271. The SMILES string of the molecule is COc1cccc2cc(C(=O)C3=C(O)C(=O)N(c4ccc(C)c(Cl)c4)C3c3ccc(C(C)(C)C)cc3)oc12. The molecule has 0 aliphatic carbocycles. The normalized spacial score (nSPS) is 16.0. The number of anilines is 1. The molecule has 1 atom stereocenters. The van der Waals surface area contributed by atoms with E-state index in [1.54, 1.807) is 42.5 Å². The summed E-state index contributed by atoms with van der Waals surface area (Å²) < 4.78 is 11.3. The Bertz CT molecular complexity index is 1610. The minimum atomic E-state index is -0.891. The summed E-state index contributed by atoms with van der Waals surface area (Å²) in [7, 11) is 1.52. The highest BCUT2D eigenvalue weighted by Gasteiger charge is 2.45. The van der Waals surface area contributed by atoms with Crippen molar-refractivity contribution in [2.24, 2.45) is 0 Å². The minimum absolute atomic E-state index is 0.000972. The number of aliphatic hydroxyl groups is 1. The molecule has 1 N–H and O–H groups in total. The molecular weight excluding hydrogens is 502 g/mol.